The molecule has 1 aliphatic heterocycles. The van der Waals surface area contributed by atoms with Crippen LogP contribution in [0.15, 0.2) is 24.3 Å². The van der Waals surface area contributed by atoms with E-state index >= 15 is 0 Å². The van der Waals surface area contributed by atoms with Gasteiger partial charge < -0.3 is 10.2 Å². The van der Waals surface area contributed by atoms with Crippen LogP contribution in [0.25, 0.3) is 0 Å². The summed E-state index contributed by atoms with van der Waals surface area (Å²) in [5.41, 5.74) is 0.644. The van der Waals surface area contributed by atoms with Crippen molar-refractivity contribution in [3.8, 4) is 0 Å². The number of hydrogen-bond acceptors (Lipinski definition) is 3. The molecule has 0 aliphatic carbocycles. The molecule has 1 heterocycles. The van der Waals surface area contributed by atoms with Gasteiger partial charge in [0.2, 0.25) is 10.0 Å². The molecule has 8 heteroatoms. The normalized spacial score (nSPS) is 16.6. The van der Waals surface area contributed by atoms with Crippen molar-refractivity contribution >= 4 is 33.3 Å². The second-order valence-corrected chi connectivity index (χ2v) is 8.62. The van der Waals surface area contributed by atoms with Gasteiger partial charge in [-0.15, -0.1) is 0 Å². The Morgan fingerprint density at radius 1 is 1.30 bits per heavy atom. The van der Waals surface area contributed by atoms with E-state index in [9.17, 15) is 13.2 Å². The van der Waals surface area contributed by atoms with E-state index in [1.54, 1.807) is 43.0 Å². The highest BCUT2D eigenvalue weighted by Crippen LogP contribution is 2.17. The largest absolute Gasteiger partial charge is 0.324 e. The number of sulfonamides is 1. The Kier molecular flexibility index (Phi) is 5.89. The number of benzene rings is 1. The topological polar surface area (TPSA) is 78.5 Å². The Bertz CT molecular complexity index is 656. The Morgan fingerprint density at radius 2 is 1.96 bits per heavy atom. The molecule has 128 valence electrons. The van der Waals surface area contributed by atoms with E-state index in [4.69, 9.17) is 11.6 Å². The Balaban J connectivity index is 1.85. The van der Waals surface area contributed by atoms with Crippen molar-refractivity contribution in [2.24, 2.45) is 0 Å². The van der Waals surface area contributed by atoms with E-state index in [2.05, 4.69) is 10.0 Å². The van der Waals surface area contributed by atoms with Gasteiger partial charge in [-0.3, -0.25) is 0 Å². The SMILES string of the molecule is CC(C)S(=O)(=O)NC1CCN(C(=O)Nc2cccc(Cl)c2)CC1. The van der Waals surface area contributed by atoms with E-state index < -0.39 is 15.3 Å². The van der Waals surface area contributed by atoms with Crippen LogP contribution in [0.3, 0.4) is 0 Å². The Morgan fingerprint density at radius 3 is 2.52 bits per heavy atom. The van der Waals surface area contributed by atoms with Gasteiger partial charge in [0.15, 0.2) is 0 Å². The van der Waals surface area contributed by atoms with Crippen LogP contribution < -0.4 is 10.0 Å². The van der Waals surface area contributed by atoms with Crippen molar-refractivity contribution in [3.63, 3.8) is 0 Å². The first kappa shape index (κ1) is 18.0. The van der Waals surface area contributed by atoms with Gasteiger partial charge in [0.1, 0.15) is 0 Å². The molecule has 1 fully saturated rings. The van der Waals surface area contributed by atoms with E-state index in [1.807, 2.05) is 0 Å². The van der Waals surface area contributed by atoms with Crippen molar-refractivity contribution in [2.75, 3.05) is 18.4 Å². The van der Waals surface area contributed by atoms with Crippen molar-refractivity contribution < 1.29 is 13.2 Å². The van der Waals surface area contributed by atoms with E-state index in [0.717, 1.165) is 0 Å². The van der Waals surface area contributed by atoms with Gasteiger partial charge in [-0.2, -0.15) is 0 Å². The lowest BCUT2D eigenvalue weighted by atomic mass is 10.1. The fourth-order valence-corrected chi connectivity index (χ4v) is 3.50. The molecule has 1 aliphatic rings. The van der Waals surface area contributed by atoms with Gasteiger partial charge in [0.25, 0.3) is 0 Å². The lowest BCUT2D eigenvalue weighted by Gasteiger charge is -2.32. The lowest BCUT2D eigenvalue weighted by molar-refractivity contribution is 0.193. The van der Waals surface area contributed by atoms with Crippen LogP contribution in [-0.2, 0) is 10.0 Å². The molecule has 1 aromatic carbocycles. The van der Waals surface area contributed by atoms with Crippen LogP contribution in [0.5, 0.6) is 0 Å². The molecular weight excluding hydrogens is 338 g/mol. The predicted octanol–water partition coefficient (Wildman–Crippen LogP) is 2.66. The number of hydrogen-bond donors (Lipinski definition) is 2. The fourth-order valence-electron chi connectivity index (χ4n) is 2.34. The second-order valence-electron chi connectivity index (χ2n) is 5.91. The fraction of sp³-hybridized carbons (Fsp3) is 0.533. The number of rotatable bonds is 4. The minimum atomic E-state index is -3.27. The van der Waals surface area contributed by atoms with Crippen molar-refractivity contribution in [1.29, 1.82) is 0 Å². The summed E-state index contributed by atoms with van der Waals surface area (Å²) in [6, 6.07) is 6.65. The Hall–Kier alpha value is -1.31. The standard InChI is InChI=1S/C15H22ClN3O3S/c1-11(2)23(21,22)18-13-6-8-19(9-7-13)15(20)17-14-5-3-4-12(16)10-14/h3-5,10-11,13,18H,6-9H2,1-2H3,(H,17,20). The number of urea groups is 1. The maximum atomic E-state index is 12.2. The number of piperidine rings is 1. The molecular formula is C15H22ClN3O3S. The van der Waals surface area contributed by atoms with Crippen LogP contribution in [0, 0.1) is 0 Å². The highest BCUT2D eigenvalue weighted by atomic mass is 35.5. The summed E-state index contributed by atoms with van der Waals surface area (Å²) in [6.07, 6.45) is 1.21. The number of carbonyl (C=O) groups is 1. The zero-order valence-corrected chi connectivity index (χ0v) is 14.8. The first-order chi connectivity index (χ1) is 10.8. The Labute approximate surface area is 142 Å². The summed E-state index contributed by atoms with van der Waals surface area (Å²) in [7, 11) is -3.27. The van der Waals surface area contributed by atoms with Gasteiger partial charge in [-0.25, -0.2) is 17.9 Å². The minimum Gasteiger partial charge on any atom is -0.324 e. The van der Waals surface area contributed by atoms with Crippen LogP contribution in [0.2, 0.25) is 5.02 Å². The van der Waals surface area contributed by atoms with Crippen molar-refractivity contribution in [2.45, 2.75) is 38.0 Å². The number of likely N-dealkylation sites (tertiary alicyclic amines) is 1. The van der Waals surface area contributed by atoms with Crippen LogP contribution in [-0.4, -0.2) is 43.7 Å². The third-order valence-corrected chi connectivity index (χ3v) is 5.95. The molecule has 0 atom stereocenters. The number of carbonyl (C=O) groups excluding carboxylic acids is 1. The van der Waals surface area contributed by atoms with Gasteiger partial charge >= 0.3 is 6.03 Å². The third-order valence-electron chi connectivity index (χ3n) is 3.81. The zero-order valence-electron chi connectivity index (χ0n) is 13.3. The number of anilines is 1. The van der Waals surface area contributed by atoms with Gasteiger partial charge in [-0.1, -0.05) is 17.7 Å². The predicted molar refractivity (Wildman–Crippen MR) is 92.3 cm³/mol. The quantitative estimate of drug-likeness (QED) is 0.867. The first-order valence-corrected chi connectivity index (χ1v) is 9.53. The van der Waals surface area contributed by atoms with Crippen molar-refractivity contribution in [1.82, 2.24) is 9.62 Å². The zero-order chi connectivity index (χ0) is 17.0. The summed E-state index contributed by atoms with van der Waals surface area (Å²) in [5, 5.41) is 2.91. The maximum Gasteiger partial charge on any atom is 0.321 e. The summed E-state index contributed by atoms with van der Waals surface area (Å²) >= 11 is 5.89. The number of halogens is 1. The summed E-state index contributed by atoms with van der Waals surface area (Å²) < 4.78 is 26.4. The molecule has 0 unspecified atom stereocenters. The molecule has 2 rings (SSSR count). The molecule has 1 saturated heterocycles. The number of nitrogens with zero attached hydrogens (tertiary/aromatic N) is 1. The molecule has 0 aromatic heterocycles. The molecule has 23 heavy (non-hydrogen) atoms. The lowest BCUT2D eigenvalue weighted by Crippen LogP contribution is -2.48. The number of amides is 2. The van der Waals surface area contributed by atoms with Crippen LogP contribution in [0.4, 0.5) is 10.5 Å². The van der Waals surface area contributed by atoms with Gasteiger partial charge in [0.05, 0.1) is 5.25 Å². The van der Waals surface area contributed by atoms with Gasteiger partial charge in [0, 0.05) is 29.8 Å². The molecule has 0 bridgehead atoms. The summed E-state index contributed by atoms with van der Waals surface area (Å²) in [5.74, 6) is 0. The highest BCUT2D eigenvalue weighted by Gasteiger charge is 2.27. The number of nitrogens with one attached hydrogen (secondary N) is 2. The van der Waals surface area contributed by atoms with E-state index in [1.165, 1.54) is 0 Å². The summed E-state index contributed by atoms with van der Waals surface area (Å²) in [6.45, 7) is 4.32. The molecule has 2 amide bonds. The molecule has 2 N–H and O–H groups in total. The van der Waals surface area contributed by atoms with Gasteiger partial charge in [-0.05, 0) is 44.9 Å². The maximum absolute atomic E-state index is 12.2. The highest BCUT2D eigenvalue weighted by molar-refractivity contribution is 7.90. The minimum absolute atomic E-state index is 0.113. The smallest absolute Gasteiger partial charge is 0.321 e. The molecule has 0 radical (unpaired) electrons. The first-order valence-electron chi connectivity index (χ1n) is 7.60. The monoisotopic (exact) mass is 359 g/mol. The average molecular weight is 360 g/mol. The molecule has 1 aromatic rings. The van der Waals surface area contributed by atoms with Crippen LogP contribution in [0.1, 0.15) is 26.7 Å². The van der Waals surface area contributed by atoms with Crippen LogP contribution >= 0.6 is 11.6 Å². The molecule has 0 saturated carbocycles. The average Bonchev–Trinajstić information content (AvgIpc) is 2.47. The van der Waals surface area contributed by atoms with E-state index in [-0.39, 0.29) is 12.1 Å². The molecule has 6 nitrogen and oxygen atoms in total. The molecule has 0 spiro atoms. The third kappa shape index (κ3) is 5.09. The second kappa shape index (κ2) is 7.51. The van der Waals surface area contributed by atoms with Crippen molar-refractivity contribution in [3.05, 3.63) is 29.3 Å². The van der Waals surface area contributed by atoms with E-state index in [0.29, 0.717) is 36.6 Å². The summed E-state index contributed by atoms with van der Waals surface area (Å²) in [4.78, 5) is 13.9.